The van der Waals surface area contributed by atoms with Crippen LogP contribution in [-0.4, -0.2) is 26.0 Å². The first kappa shape index (κ1) is 12.8. The van der Waals surface area contributed by atoms with Crippen LogP contribution in [0.25, 0.3) is 11.0 Å². The predicted molar refractivity (Wildman–Crippen MR) is 80.0 cm³/mol. The van der Waals surface area contributed by atoms with Gasteiger partial charge in [-0.15, -0.1) is 5.10 Å². The zero-order chi connectivity index (χ0) is 14.2. The fourth-order valence-corrected chi connectivity index (χ4v) is 3.17. The molecular formula is C14H15N5OS. The van der Waals surface area contributed by atoms with Crippen molar-refractivity contribution in [2.24, 2.45) is 5.73 Å². The van der Waals surface area contributed by atoms with E-state index in [0.717, 1.165) is 34.7 Å². The number of nitrogens with two attached hydrogens (primary N) is 1. The van der Waals surface area contributed by atoms with Crippen LogP contribution in [0.15, 0.2) is 39.9 Å². The van der Waals surface area contributed by atoms with E-state index in [1.807, 2.05) is 35.0 Å². The second-order valence-corrected chi connectivity index (χ2v) is 6.23. The summed E-state index contributed by atoms with van der Waals surface area (Å²) in [5, 5.41) is 13.8. The average molecular weight is 301 g/mol. The molecule has 1 aliphatic rings. The Morgan fingerprint density at radius 2 is 2.24 bits per heavy atom. The van der Waals surface area contributed by atoms with E-state index in [2.05, 4.69) is 15.5 Å². The number of hydrogen-bond donors (Lipinski definition) is 1. The monoisotopic (exact) mass is 301 g/mol. The van der Waals surface area contributed by atoms with Gasteiger partial charge in [-0.25, -0.2) is 4.68 Å². The topological polar surface area (TPSA) is 82.8 Å². The highest BCUT2D eigenvalue weighted by molar-refractivity contribution is 7.99. The summed E-state index contributed by atoms with van der Waals surface area (Å²) >= 11 is 1.58. The van der Waals surface area contributed by atoms with Crippen molar-refractivity contribution in [2.45, 2.75) is 30.1 Å². The Balaban J connectivity index is 1.47. The van der Waals surface area contributed by atoms with Gasteiger partial charge in [0.2, 0.25) is 5.16 Å². The molecule has 0 saturated heterocycles. The zero-order valence-electron chi connectivity index (χ0n) is 11.3. The van der Waals surface area contributed by atoms with E-state index in [1.54, 1.807) is 11.8 Å². The number of thioether (sulfide) groups is 1. The Labute approximate surface area is 125 Å². The molecular weight excluding hydrogens is 286 g/mol. The van der Waals surface area contributed by atoms with Crippen LogP contribution >= 0.6 is 11.8 Å². The quantitative estimate of drug-likeness (QED) is 0.729. The van der Waals surface area contributed by atoms with Gasteiger partial charge in [-0.3, -0.25) is 0 Å². The second-order valence-electron chi connectivity index (χ2n) is 5.24. The van der Waals surface area contributed by atoms with E-state index in [0.29, 0.717) is 11.8 Å². The first-order valence-corrected chi connectivity index (χ1v) is 7.94. The third-order valence-corrected chi connectivity index (χ3v) is 4.61. The molecule has 1 saturated carbocycles. The third kappa shape index (κ3) is 2.54. The van der Waals surface area contributed by atoms with Gasteiger partial charge in [0.15, 0.2) is 0 Å². The van der Waals surface area contributed by atoms with Crippen LogP contribution in [0.1, 0.15) is 30.7 Å². The molecule has 7 heteroatoms. The van der Waals surface area contributed by atoms with Crippen LogP contribution in [0.2, 0.25) is 0 Å². The number of tetrazole rings is 1. The van der Waals surface area contributed by atoms with E-state index in [4.69, 9.17) is 10.2 Å². The van der Waals surface area contributed by atoms with Crippen molar-refractivity contribution in [1.29, 1.82) is 0 Å². The molecule has 2 N–H and O–H groups in total. The molecule has 2 heterocycles. The maximum atomic E-state index is 6.22. The Hall–Kier alpha value is -1.86. The van der Waals surface area contributed by atoms with Crippen molar-refractivity contribution < 1.29 is 4.42 Å². The SMILES string of the molecule is NC(CSc1nnnn1C1CC1)c1cc2ccccc2o1. The van der Waals surface area contributed by atoms with E-state index in [9.17, 15) is 0 Å². The molecule has 6 nitrogen and oxygen atoms in total. The minimum absolute atomic E-state index is 0.174. The fraction of sp³-hybridized carbons (Fsp3) is 0.357. The number of fused-ring (bicyclic) bond motifs is 1. The summed E-state index contributed by atoms with van der Waals surface area (Å²) in [6.07, 6.45) is 2.32. The molecule has 108 valence electrons. The largest absolute Gasteiger partial charge is 0.459 e. The third-order valence-electron chi connectivity index (χ3n) is 3.56. The van der Waals surface area contributed by atoms with Crippen LogP contribution in [0.3, 0.4) is 0 Å². The normalized spacial score (nSPS) is 16.4. The zero-order valence-corrected chi connectivity index (χ0v) is 12.2. The molecule has 0 bridgehead atoms. The van der Waals surface area contributed by atoms with Crippen molar-refractivity contribution >= 4 is 22.7 Å². The van der Waals surface area contributed by atoms with Gasteiger partial charge in [-0.1, -0.05) is 30.0 Å². The Bertz CT molecular complexity index is 730. The van der Waals surface area contributed by atoms with Crippen LogP contribution in [0.4, 0.5) is 0 Å². The van der Waals surface area contributed by atoms with Crippen molar-refractivity contribution in [1.82, 2.24) is 20.2 Å². The fourth-order valence-electron chi connectivity index (χ4n) is 2.26. The lowest BCUT2D eigenvalue weighted by atomic mass is 10.2. The molecule has 0 spiro atoms. The van der Waals surface area contributed by atoms with Gasteiger partial charge in [0.05, 0.1) is 12.1 Å². The smallest absolute Gasteiger partial charge is 0.209 e. The highest BCUT2D eigenvalue weighted by atomic mass is 32.2. The maximum Gasteiger partial charge on any atom is 0.209 e. The molecule has 1 aliphatic carbocycles. The lowest BCUT2D eigenvalue weighted by Crippen LogP contribution is -2.12. The number of aromatic nitrogens is 4. The number of furan rings is 1. The molecule has 4 rings (SSSR count). The number of rotatable bonds is 5. The van der Waals surface area contributed by atoms with Crippen LogP contribution in [0, 0.1) is 0 Å². The van der Waals surface area contributed by atoms with Gasteiger partial charge in [-0.2, -0.15) is 0 Å². The molecule has 21 heavy (non-hydrogen) atoms. The molecule has 0 amide bonds. The summed E-state index contributed by atoms with van der Waals surface area (Å²) in [6, 6.07) is 10.2. The minimum Gasteiger partial charge on any atom is -0.459 e. The predicted octanol–water partition coefficient (Wildman–Crippen LogP) is 2.55. The first-order valence-electron chi connectivity index (χ1n) is 6.96. The van der Waals surface area contributed by atoms with Crippen molar-refractivity contribution in [3.05, 3.63) is 36.1 Å². The van der Waals surface area contributed by atoms with Crippen LogP contribution in [0.5, 0.6) is 0 Å². The van der Waals surface area contributed by atoms with Crippen LogP contribution < -0.4 is 5.73 Å². The van der Waals surface area contributed by atoms with E-state index in [-0.39, 0.29) is 6.04 Å². The van der Waals surface area contributed by atoms with Crippen molar-refractivity contribution in [3.8, 4) is 0 Å². The average Bonchev–Trinajstić information content (AvgIpc) is 3.09. The molecule has 1 atom stereocenters. The summed E-state index contributed by atoms with van der Waals surface area (Å²) in [5.74, 6) is 1.49. The maximum absolute atomic E-state index is 6.22. The summed E-state index contributed by atoms with van der Waals surface area (Å²) in [5.41, 5.74) is 7.10. The number of benzene rings is 1. The van der Waals surface area contributed by atoms with E-state index >= 15 is 0 Å². The lowest BCUT2D eigenvalue weighted by molar-refractivity contribution is 0.515. The van der Waals surface area contributed by atoms with Gasteiger partial charge in [-0.05, 0) is 35.4 Å². The first-order chi connectivity index (χ1) is 10.3. The summed E-state index contributed by atoms with van der Waals surface area (Å²) in [7, 11) is 0. The highest BCUT2D eigenvalue weighted by Crippen LogP contribution is 2.37. The molecule has 1 unspecified atom stereocenters. The Kier molecular flexibility index (Phi) is 3.16. The number of nitrogens with zero attached hydrogens (tertiary/aromatic N) is 4. The minimum atomic E-state index is -0.174. The Morgan fingerprint density at radius 1 is 1.38 bits per heavy atom. The van der Waals surface area contributed by atoms with E-state index in [1.165, 1.54) is 0 Å². The Morgan fingerprint density at radius 3 is 3.05 bits per heavy atom. The highest BCUT2D eigenvalue weighted by Gasteiger charge is 2.28. The van der Waals surface area contributed by atoms with Crippen molar-refractivity contribution in [3.63, 3.8) is 0 Å². The van der Waals surface area contributed by atoms with Gasteiger partial charge >= 0.3 is 0 Å². The lowest BCUT2D eigenvalue weighted by Gasteiger charge is -2.07. The number of para-hydroxylation sites is 1. The standard InChI is InChI=1S/C14H15N5OS/c15-11(13-7-9-3-1-2-4-12(9)20-13)8-21-14-16-17-18-19(14)10-5-6-10/h1-4,7,10-11H,5-6,8,15H2. The van der Waals surface area contributed by atoms with Gasteiger partial charge in [0, 0.05) is 11.1 Å². The molecule has 0 radical (unpaired) electrons. The second kappa shape index (κ2) is 5.16. The summed E-state index contributed by atoms with van der Waals surface area (Å²) < 4.78 is 7.69. The molecule has 3 aromatic rings. The van der Waals surface area contributed by atoms with E-state index < -0.39 is 0 Å². The summed E-state index contributed by atoms with van der Waals surface area (Å²) in [4.78, 5) is 0. The van der Waals surface area contributed by atoms with Gasteiger partial charge < -0.3 is 10.2 Å². The molecule has 2 aromatic heterocycles. The molecule has 1 aromatic carbocycles. The summed E-state index contributed by atoms with van der Waals surface area (Å²) in [6.45, 7) is 0. The van der Waals surface area contributed by atoms with Crippen molar-refractivity contribution in [2.75, 3.05) is 5.75 Å². The van der Waals surface area contributed by atoms with Gasteiger partial charge in [0.25, 0.3) is 0 Å². The van der Waals surface area contributed by atoms with Gasteiger partial charge in [0.1, 0.15) is 11.3 Å². The van der Waals surface area contributed by atoms with Crippen LogP contribution in [-0.2, 0) is 0 Å². The molecule has 1 fully saturated rings. The molecule has 0 aliphatic heterocycles. The number of hydrogen-bond acceptors (Lipinski definition) is 6.